The van der Waals surface area contributed by atoms with Gasteiger partial charge in [0.05, 0.1) is 12.8 Å². The summed E-state index contributed by atoms with van der Waals surface area (Å²) in [6.07, 6.45) is 3.53. The van der Waals surface area contributed by atoms with Crippen LogP contribution in [-0.4, -0.2) is 68.6 Å². The van der Waals surface area contributed by atoms with E-state index in [1.807, 2.05) is 0 Å². The first-order chi connectivity index (χ1) is 7.97. The van der Waals surface area contributed by atoms with Crippen LogP contribution in [0.15, 0.2) is 0 Å². The fourth-order valence-corrected chi connectivity index (χ4v) is 2.73. The largest absolute Gasteiger partial charge is 0.339 e. The molecule has 0 spiro atoms. The molecule has 2 fully saturated rings. The highest BCUT2D eigenvalue weighted by atomic mass is 32.2. The first-order valence-electron chi connectivity index (χ1n) is 5.93. The SMILES string of the molecule is CS(=O)(=O)N1CCN(C(=O)CNC2CC2)CC1. The number of rotatable bonds is 4. The maximum atomic E-state index is 11.8. The van der Waals surface area contributed by atoms with Crippen LogP contribution in [0.1, 0.15) is 12.8 Å². The third kappa shape index (κ3) is 3.65. The zero-order valence-electron chi connectivity index (χ0n) is 10.1. The summed E-state index contributed by atoms with van der Waals surface area (Å²) in [6.45, 7) is 2.20. The Hall–Kier alpha value is -0.660. The number of amides is 1. The van der Waals surface area contributed by atoms with Gasteiger partial charge in [0, 0.05) is 32.2 Å². The lowest BCUT2D eigenvalue weighted by Crippen LogP contribution is -2.52. The van der Waals surface area contributed by atoms with Crippen molar-refractivity contribution in [2.45, 2.75) is 18.9 Å². The van der Waals surface area contributed by atoms with Crippen molar-refractivity contribution in [2.24, 2.45) is 0 Å². The highest BCUT2D eigenvalue weighted by molar-refractivity contribution is 7.88. The lowest BCUT2D eigenvalue weighted by atomic mass is 10.3. The Bertz CT molecular complexity index is 384. The summed E-state index contributed by atoms with van der Waals surface area (Å²) in [5, 5.41) is 3.17. The summed E-state index contributed by atoms with van der Waals surface area (Å²) in [7, 11) is -3.11. The third-order valence-corrected chi connectivity index (χ3v) is 4.48. The van der Waals surface area contributed by atoms with Crippen LogP contribution in [0.5, 0.6) is 0 Å². The maximum absolute atomic E-state index is 11.8. The summed E-state index contributed by atoms with van der Waals surface area (Å²) in [5.74, 6) is 0.0741. The molecule has 0 aromatic carbocycles. The van der Waals surface area contributed by atoms with E-state index >= 15 is 0 Å². The molecule has 1 aliphatic heterocycles. The molecule has 1 amide bonds. The average Bonchev–Trinajstić information content (AvgIpc) is 3.09. The summed E-state index contributed by atoms with van der Waals surface area (Å²) in [5.41, 5.74) is 0. The van der Waals surface area contributed by atoms with Crippen LogP contribution in [0.2, 0.25) is 0 Å². The number of nitrogens with one attached hydrogen (secondary N) is 1. The fraction of sp³-hybridized carbons (Fsp3) is 0.900. The molecule has 2 rings (SSSR count). The summed E-state index contributed by atoms with van der Waals surface area (Å²) in [6, 6.07) is 0.524. The smallest absolute Gasteiger partial charge is 0.236 e. The average molecular weight is 261 g/mol. The molecule has 0 atom stereocenters. The van der Waals surface area contributed by atoms with E-state index in [-0.39, 0.29) is 5.91 Å². The summed E-state index contributed by atoms with van der Waals surface area (Å²) in [4.78, 5) is 13.5. The second-order valence-corrected chi connectivity index (χ2v) is 6.68. The molecule has 0 aromatic rings. The first kappa shape index (κ1) is 12.8. The molecule has 0 bridgehead atoms. The van der Waals surface area contributed by atoms with Crippen molar-refractivity contribution in [1.82, 2.24) is 14.5 Å². The lowest BCUT2D eigenvalue weighted by Gasteiger charge is -2.33. The van der Waals surface area contributed by atoms with Gasteiger partial charge in [0.25, 0.3) is 0 Å². The Balaban J connectivity index is 1.75. The molecular weight excluding hydrogens is 242 g/mol. The standard InChI is InChI=1S/C10H19N3O3S/c1-17(15,16)13-6-4-12(5-7-13)10(14)8-11-9-2-3-9/h9,11H,2-8H2,1H3. The van der Waals surface area contributed by atoms with Gasteiger partial charge in [0.15, 0.2) is 0 Å². The molecule has 1 heterocycles. The summed E-state index contributed by atoms with van der Waals surface area (Å²) < 4.78 is 24.0. The molecule has 1 aliphatic carbocycles. The number of nitrogens with zero attached hydrogens (tertiary/aromatic N) is 2. The number of hydrogen-bond donors (Lipinski definition) is 1. The van der Waals surface area contributed by atoms with Crippen LogP contribution in [0.4, 0.5) is 0 Å². The third-order valence-electron chi connectivity index (χ3n) is 3.18. The van der Waals surface area contributed by atoms with Crippen molar-refractivity contribution in [3.05, 3.63) is 0 Å². The highest BCUT2D eigenvalue weighted by Gasteiger charge is 2.27. The zero-order valence-corrected chi connectivity index (χ0v) is 10.9. The molecule has 0 radical (unpaired) electrons. The maximum Gasteiger partial charge on any atom is 0.236 e. The van der Waals surface area contributed by atoms with Crippen molar-refractivity contribution < 1.29 is 13.2 Å². The lowest BCUT2D eigenvalue weighted by molar-refractivity contribution is -0.131. The van der Waals surface area contributed by atoms with E-state index in [1.54, 1.807) is 4.90 Å². The number of piperazine rings is 1. The minimum Gasteiger partial charge on any atom is -0.339 e. The molecule has 1 saturated heterocycles. The predicted octanol–water partition coefficient (Wildman–Crippen LogP) is -1.16. The number of sulfonamides is 1. The Labute approximate surface area is 102 Å². The van der Waals surface area contributed by atoms with Gasteiger partial charge in [-0.15, -0.1) is 0 Å². The van der Waals surface area contributed by atoms with Gasteiger partial charge in [-0.3, -0.25) is 4.79 Å². The normalized spacial score (nSPS) is 22.8. The van der Waals surface area contributed by atoms with E-state index in [2.05, 4.69) is 5.32 Å². The quantitative estimate of drug-likeness (QED) is 0.693. The predicted molar refractivity (Wildman–Crippen MR) is 64.0 cm³/mol. The van der Waals surface area contributed by atoms with Crippen molar-refractivity contribution in [1.29, 1.82) is 0 Å². The second kappa shape index (κ2) is 4.91. The van der Waals surface area contributed by atoms with Gasteiger partial charge in [-0.25, -0.2) is 8.42 Å². The topological polar surface area (TPSA) is 69.7 Å². The molecule has 7 heteroatoms. The first-order valence-corrected chi connectivity index (χ1v) is 7.78. The van der Waals surface area contributed by atoms with Crippen molar-refractivity contribution >= 4 is 15.9 Å². The minimum absolute atomic E-state index is 0.0741. The van der Waals surface area contributed by atoms with Gasteiger partial charge >= 0.3 is 0 Å². The van der Waals surface area contributed by atoms with Gasteiger partial charge < -0.3 is 10.2 Å². The Kier molecular flexibility index (Phi) is 3.70. The van der Waals surface area contributed by atoms with Crippen LogP contribution in [0, 0.1) is 0 Å². The Morgan fingerprint density at radius 3 is 2.29 bits per heavy atom. The van der Waals surface area contributed by atoms with E-state index < -0.39 is 10.0 Å². The van der Waals surface area contributed by atoms with Crippen molar-refractivity contribution in [3.63, 3.8) is 0 Å². The number of carbonyl (C=O) groups excluding carboxylic acids is 1. The van der Waals surface area contributed by atoms with Crippen molar-refractivity contribution in [2.75, 3.05) is 39.0 Å². The molecule has 98 valence electrons. The van der Waals surface area contributed by atoms with Crippen molar-refractivity contribution in [3.8, 4) is 0 Å². The molecular formula is C10H19N3O3S. The van der Waals surface area contributed by atoms with E-state index in [0.717, 1.165) is 12.8 Å². The molecule has 1 saturated carbocycles. The number of hydrogen-bond acceptors (Lipinski definition) is 4. The Morgan fingerprint density at radius 1 is 1.24 bits per heavy atom. The molecule has 0 unspecified atom stereocenters. The van der Waals surface area contributed by atoms with Crippen LogP contribution in [-0.2, 0) is 14.8 Å². The van der Waals surface area contributed by atoms with Gasteiger partial charge in [0.2, 0.25) is 15.9 Å². The van der Waals surface area contributed by atoms with E-state index in [0.29, 0.717) is 38.8 Å². The van der Waals surface area contributed by atoms with Crippen LogP contribution in [0.3, 0.4) is 0 Å². The van der Waals surface area contributed by atoms with Crippen LogP contribution < -0.4 is 5.32 Å². The number of carbonyl (C=O) groups is 1. The van der Waals surface area contributed by atoms with E-state index in [1.165, 1.54) is 10.6 Å². The second-order valence-electron chi connectivity index (χ2n) is 4.70. The Morgan fingerprint density at radius 2 is 1.82 bits per heavy atom. The van der Waals surface area contributed by atoms with Gasteiger partial charge in [0.1, 0.15) is 0 Å². The van der Waals surface area contributed by atoms with Gasteiger partial charge in [-0.2, -0.15) is 4.31 Å². The minimum atomic E-state index is -3.11. The molecule has 17 heavy (non-hydrogen) atoms. The van der Waals surface area contributed by atoms with E-state index in [9.17, 15) is 13.2 Å². The molecule has 0 aromatic heterocycles. The van der Waals surface area contributed by atoms with E-state index in [4.69, 9.17) is 0 Å². The van der Waals surface area contributed by atoms with Crippen LogP contribution >= 0.6 is 0 Å². The zero-order chi connectivity index (χ0) is 12.5. The van der Waals surface area contributed by atoms with Gasteiger partial charge in [-0.1, -0.05) is 0 Å². The summed E-state index contributed by atoms with van der Waals surface area (Å²) >= 11 is 0. The fourth-order valence-electron chi connectivity index (χ4n) is 1.90. The molecule has 6 nitrogen and oxygen atoms in total. The molecule has 1 N–H and O–H groups in total. The van der Waals surface area contributed by atoms with Gasteiger partial charge in [-0.05, 0) is 12.8 Å². The monoisotopic (exact) mass is 261 g/mol. The molecule has 2 aliphatic rings. The van der Waals surface area contributed by atoms with Crippen LogP contribution in [0.25, 0.3) is 0 Å². The highest BCUT2D eigenvalue weighted by Crippen LogP contribution is 2.18.